The Morgan fingerprint density at radius 1 is 0.261 bits per heavy atom. The van der Waals surface area contributed by atoms with Crippen molar-refractivity contribution in [2.75, 3.05) is 0 Å². The molecule has 10 aromatic carbocycles. The summed E-state index contributed by atoms with van der Waals surface area (Å²) < 4.78 is 0. The zero-order valence-electron chi connectivity index (χ0n) is 25.5. The first-order valence-electron chi connectivity index (χ1n) is 16.1. The predicted molar refractivity (Wildman–Crippen MR) is 204 cm³/mol. The van der Waals surface area contributed by atoms with Crippen molar-refractivity contribution in [1.82, 2.24) is 0 Å². The van der Waals surface area contributed by atoms with Crippen LogP contribution < -0.4 is 10.4 Å². The van der Waals surface area contributed by atoms with Crippen molar-refractivity contribution < 1.29 is 0 Å². The van der Waals surface area contributed by atoms with Gasteiger partial charge in [-0.25, -0.2) is 0 Å². The van der Waals surface area contributed by atoms with Gasteiger partial charge < -0.3 is 0 Å². The largest absolute Gasteiger partial charge is 0.119 e. The summed E-state index contributed by atoms with van der Waals surface area (Å²) in [5, 5.41) is 24.0. The standard InChI is InChI=1S/C45H29Si/c1-46(44-14-6-12-32-22-36-18-16-34-20-28-8-2-4-10-30(28)24-38(34)40(36)26-42(32)44)45-15-7-13-33-23-37-19-17-35-21-29-9-3-5-11-31(29)25-39(35)41(37)27-43(33)45/h2-27H,1H3. The van der Waals surface area contributed by atoms with Gasteiger partial charge in [0.15, 0.2) is 0 Å². The summed E-state index contributed by atoms with van der Waals surface area (Å²) in [6, 6.07) is 59.5. The fraction of sp³-hybridized carbons (Fsp3) is 0.0222. The molecule has 0 unspecified atom stereocenters. The molecule has 0 amide bonds. The third-order valence-electron chi connectivity index (χ3n) is 10.2. The van der Waals surface area contributed by atoms with E-state index in [2.05, 4.69) is 164 Å². The molecule has 1 heteroatoms. The lowest BCUT2D eigenvalue weighted by Gasteiger charge is -2.18. The Bertz CT molecular complexity index is 2680. The fourth-order valence-corrected chi connectivity index (χ4v) is 10.1. The number of rotatable bonds is 2. The molecule has 0 saturated carbocycles. The summed E-state index contributed by atoms with van der Waals surface area (Å²) in [4.78, 5) is 0. The average Bonchev–Trinajstić information content (AvgIpc) is 3.10. The summed E-state index contributed by atoms with van der Waals surface area (Å²) in [5.74, 6) is 0. The van der Waals surface area contributed by atoms with E-state index in [9.17, 15) is 0 Å². The third-order valence-corrected chi connectivity index (χ3v) is 12.7. The molecule has 0 fully saturated rings. The van der Waals surface area contributed by atoms with E-state index in [1.54, 1.807) is 0 Å². The van der Waals surface area contributed by atoms with Crippen molar-refractivity contribution in [3.8, 4) is 0 Å². The molecule has 10 rings (SSSR count). The van der Waals surface area contributed by atoms with Gasteiger partial charge in [0.1, 0.15) is 8.80 Å². The van der Waals surface area contributed by atoms with E-state index in [1.807, 2.05) is 0 Å². The first-order chi connectivity index (χ1) is 22.7. The monoisotopic (exact) mass is 597 g/mol. The Balaban J connectivity index is 1.20. The van der Waals surface area contributed by atoms with E-state index in [0.717, 1.165) is 0 Å². The molecule has 0 aliphatic rings. The molecule has 0 atom stereocenters. The highest BCUT2D eigenvalue weighted by atomic mass is 28.3. The molecule has 213 valence electrons. The molecular formula is C45H29Si. The summed E-state index contributed by atoms with van der Waals surface area (Å²) >= 11 is 0. The summed E-state index contributed by atoms with van der Waals surface area (Å²) in [5.41, 5.74) is 0. The molecule has 0 saturated heterocycles. The lowest BCUT2D eigenvalue weighted by molar-refractivity contribution is 1.78. The molecule has 0 aliphatic heterocycles. The van der Waals surface area contributed by atoms with E-state index in [4.69, 9.17) is 0 Å². The number of fused-ring (bicyclic) bond motifs is 10. The van der Waals surface area contributed by atoms with Gasteiger partial charge in [-0.1, -0.05) is 116 Å². The molecule has 1 radical (unpaired) electrons. The quantitative estimate of drug-likeness (QED) is 0.106. The minimum absolute atomic E-state index is 1.10. The van der Waals surface area contributed by atoms with Gasteiger partial charge in [0.05, 0.1) is 0 Å². The van der Waals surface area contributed by atoms with Crippen molar-refractivity contribution in [2.45, 2.75) is 6.55 Å². The maximum atomic E-state index is 2.48. The van der Waals surface area contributed by atoms with Gasteiger partial charge >= 0.3 is 0 Å². The van der Waals surface area contributed by atoms with Crippen LogP contribution in [0, 0.1) is 0 Å². The van der Waals surface area contributed by atoms with Crippen LogP contribution in [0.3, 0.4) is 0 Å². The zero-order valence-corrected chi connectivity index (χ0v) is 26.5. The van der Waals surface area contributed by atoms with Crippen molar-refractivity contribution in [3.63, 3.8) is 0 Å². The Hall–Kier alpha value is -5.50. The molecule has 0 aliphatic carbocycles. The van der Waals surface area contributed by atoms with Crippen LogP contribution in [0.1, 0.15) is 0 Å². The van der Waals surface area contributed by atoms with Crippen LogP contribution in [-0.4, -0.2) is 8.80 Å². The summed E-state index contributed by atoms with van der Waals surface area (Å²) in [7, 11) is -1.10. The predicted octanol–water partition coefficient (Wildman–Crippen LogP) is 11.2. The first-order valence-corrected chi connectivity index (χ1v) is 18.1. The SMILES string of the molecule is C[Si](c1cccc2cc3ccc4cc5ccccc5cc4c3cc12)c1cccc2cc3ccc4cc5ccccc5cc4c3cc12. The second kappa shape index (κ2) is 9.75. The maximum Gasteiger partial charge on any atom is 0.119 e. The van der Waals surface area contributed by atoms with Crippen LogP contribution in [0.15, 0.2) is 158 Å². The van der Waals surface area contributed by atoms with Gasteiger partial charge in [-0.05, 0) is 145 Å². The third kappa shape index (κ3) is 3.85. The smallest absolute Gasteiger partial charge is 0.0628 e. The molecule has 0 spiro atoms. The minimum Gasteiger partial charge on any atom is -0.0628 e. The van der Waals surface area contributed by atoms with Crippen LogP contribution in [0.4, 0.5) is 0 Å². The molecule has 0 aromatic heterocycles. The van der Waals surface area contributed by atoms with Crippen molar-refractivity contribution in [3.05, 3.63) is 158 Å². The number of benzene rings is 10. The van der Waals surface area contributed by atoms with Crippen molar-refractivity contribution in [1.29, 1.82) is 0 Å². The Kier molecular flexibility index (Phi) is 5.46. The highest BCUT2D eigenvalue weighted by molar-refractivity contribution is 6.87. The van der Waals surface area contributed by atoms with Gasteiger partial charge in [-0.2, -0.15) is 0 Å². The normalized spacial score (nSPS) is 12.2. The average molecular weight is 598 g/mol. The Morgan fingerprint density at radius 3 is 0.978 bits per heavy atom. The molecule has 0 heterocycles. The Morgan fingerprint density at radius 2 is 0.565 bits per heavy atom. The maximum absolute atomic E-state index is 2.48. The molecule has 0 bridgehead atoms. The van der Waals surface area contributed by atoms with Gasteiger partial charge in [0, 0.05) is 0 Å². The van der Waals surface area contributed by atoms with Crippen LogP contribution in [0.25, 0.3) is 86.2 Å². The van der Waals surface area contributed by atoms with Gasteiger partial charge in [-0.3, -0.25) is 0 Å². The van der Waals surface area contributed by atoms with Crippen LogP contribution >= 0.6 is 0 Å². The molecule has 10 aromatic rings. The van der Waals surface area contributed by atoms with Crippen molar-refractivity contribution in [2.24, 2.45) is 0 Å². The number of hydrogen-bond donors (Lipinski definition) is 0. The molecule has 0 N–H and O–H groups in total. The molecule has 46 heavy (non-hydrogen) atoms. The lowest BCUT2D eigenvalue weighted by atomic mass is 9.96. The van der Waals surface area contributed by atoms with Gasteiger partial charge in [-0.15, -0.1) is 0 Å². The second-order valence-corrected chi connectivity index (χ2v) is 15.1. The highest BCUT2D eigenvalue weighted by Crippen LogP contribution is 2.34. The number of hydrogen-bond acceptors (Lipinski definition) is 0. The van der Waals surface area contributed by atoms with Gasteiger partial charge in [0.2, 0.25) is 0 Å². The van der Waals surface area contributed by atoms with Crippen LogP contribution in [0.2, 0.25) is 6.55 Å². The van der Waals surface area contributed by atoms with E-state index in [1.165, 1.54) is 96.6 Å². The molecule has 0 nitrogen and oxygen atoms in total. The topological polar surface area (TPSA) is 0 Å². The first kappa shape index (κ1) is 25.8. The zero-order chi connectivity index (χ0) is 30.4. The van der Waals surface area contributed by atoms with E-state index >= 15 is 0 Å². The van der Waals surface area contributed by atoms with Gasteiger partial charge in [0.25, 0.3) is 0 Å². The fourth-order valence-electron chi connectivity index (χ4n) is 7.84. The lowest BCUT2D eigenvalue weighted by Crippen LogP contribution is -2.40. The van der Waals surface area contributed by atoms with Crippen molar-refractivity contribution >= 4 is 105 Å². The summed E-state index contributed by atoms with van der Waals surface area (Å²) in [6.45, 7) is 2.48. The van der Waals surface area contributed by atoms with E-state index in [0.29, 0.717) is 0 Å². The minimum atomic E-state index is -1.10. The Labute approximate surface area is 268 Å². The van der Waals surface area contributed by atoms with Crippen LogP contribution in [0.5, 0.6) is 0 Å². The van der Waals surface area contributed by atoms with Crippen LogP contribution in [-0.2, 0) is 0 Å². The van der Waals surface area contributed by atoms with E-state index in [-0.39, 0.29) is 0 Å². The molecular weight excluding hydrogens is 569 g/mol. The summed E-state index contributed by atoms with van der Waals surface area (Å²) in [6.07, 6.45) is 0. The highest BCUT2D eigenvalue weighted by Gasteiger charge is 2.18. The van der Waals surface area contributed by atoms with E-state index < -0.39 is 8.80 Å². The second-order valence-electron chi connectivity index (χ2n) is 12.8.